The number of morpholine rings is 1. The van der Waals surface area contributed by atoms with Crippen LogP contribution in [-0.2, 0) is 27.1 Å². The van der Waals surface area contributed by atoms with E-state index in [-0.39, 0.29) is 30.4 Å². The number of carbonyl (C=O) groups excluding carboxylic acids is 1. The molecule has 3 rings (SSSR count). The van der Waals surface area contributed by atoms with Crippen LogP contribution in [0.4, 0.5) is 0 Å². The largest absolute Gasteiger partial charge is 0.464 e. The predicted molar refractivity (Wildman–Crippen MR) is 133 cm³/mol. The molecule has 0 radical (unpaired) electrons. The molecule has 0 aromatic heterocycles. The van der Waals surface area contributed by atoms with Crippen LogP contribution in [0, 0.1) is 5.92 Å². The minimum Gasteiger partial charge on any atom is -0.464 e. The van der Waals surface area contributed by atoms with Crippen molar-refractivity contribution in [2.75, 3.05) is 32.8 Å². The van der Waals surface area contributed by atoms with Crippen LogP contribution >= 0.6 is 12.4 Å². The van der Waals surface area contributed by atoms with Crippen molar-refractivity contribution < 1.29 is 14.3 Å². The molecule has 0 bridgehead atoms. The Morgan fingerprint density at radius 1 is 1.06 bits per heavy atom. The van der Waals surface area contributed by atoms with Gasteiger partial charge >= 0.3 is 5.97 Å². The van der Waals surface area contributed by atoms with Gasteiger partial charge in [-0.15, -0.1) is 12.4 Å². The lowest BCUT2D eigenvalue weighted by molar-refractivity contribution is -0.146. The quantitative estimate of drug-likeness (QED) is 0.458. The number of aryl methyl sites for hydroxylation is 1. The van der Waals surface area contributed by atoms with E-state index in [1.54, 1.807) is 0 Å². The molecule has 0 saturated carbocycles. The van der Waals surface area contributed by atoms with E-state index >= 15 is 0 Å². The summed E-state index contributed by atoms with van der Waals surface area (Å²) in [4.78, 5) is 14.8. The maximum atomic E-state index is 12.5. The standard InChI is InChI=1S/C27H37NO3.ClH/c1-5-22-6-12-25(13-7-22)26-19-28(14-16-30-26)15-17-31-27(29)21(4)24-10-8-23(9-11-24)18-20(2)3;/h6-13,20-21,26H,5,14-19H2,1-4H3;1H. The summed E-state index contributed by atoms with van der Waals surface area (Å²) in [6.45, 7) is 12.1. The van der Waals surface area contributed by atoms with Gasteiger partial charge in [-0.1, -0.05) is 69.3 Å². The fourth-order valence-electron chi connectivity index (χ4n) is 4.03. The van der Waals surface area contributed by atoms with Gasteiger partial charge in [-0.05, 0) is 47.9 Å². The fourth-order valence-corrected chi connectivity index (χ4v) is 4.03. The zero-order valence-corrected chi connectivity index (χ0v) is 20.7. The van der Waals surface area contributed by atoms with Gasteiger partial charge in [0.05, 0.1) is 18.6 Å². The molecule has 1 heterocycles. The summed E-state index contributed by atoms with van der Waals surface area (Å²) in [5.74, 6) is 0.225. The van der Waals surface area contributed by atoms with Crippen LogP contribution in [0.15, 0.2) is 48.5 Å². The Kier molecular flexibility index (Phi) is 10.7. The topological polar surface area (TPSA) is 38.8 Å². The van der Waals surface area contributed by atoms with Gasteiger partial charge in [0.15, 0.2) is 0 Å². The van der Waals surface area contributed by atoms with Crippen LogP contribution in [0.3, 0.4) is 0 Å². The first kappa shape index (κ1) is 26.4. The Morgan fingerprint density at radius 3 is 2.34 bits per heavy atom. The second-order valence-electron chi connectivity index (χ2n) is 8.98. The molecule has 0 spiro atoms. The summed E-state index contributed by atoms with van der Waals surface area (Å²) in [7, 11) is 0. The molecule has 5 heteroatoms. The molecule has 0 aliphatic carbocycles. The van der Waals surface area contributed by atoms with Gasteiger partial charge in [-0.25, -0.2) is 0 Å². The van der Waals surface area contributed by atoms with Gasteiger partial charge in [0.1, 0.15) is 6.61 Å². The minimum absolute atomic E-state index is 0. The van der Waals surface area contributed by atoms with Crippen LogP contribution in [0.25, 0.3) is 0 Å². The van der Waals surface area contributed by atoms with E-state index in [0.29, 0.717) is 19.1 Å². The third-order valence-electron chi connectivity index (χ3n) is 6.04. The molecule has 0 amide bonds. The van der Waals surface area contributed by atoms with E-state index in [2.05, 4.69) is 74.2 Å². The van der Waals surface area contributed by atoms with Gasteiger partial charge in [0.25, 0.3) is 0 Å². The van der Waals surface area contributed by atoms with Crippen LogP contribution in [0.2, 0.25) is 0 Å². The number of hydrogen-bond donors (Lipinski definition) is 0. The monoisotopic (exact) mass is 459 g/mol. The van der Waals surface area contributed by atoms with Crippen molar-refractivity contribution >= 4 is 18.4 Å². The SMILES string of the molecule is CCc1ccc(C2CN(CCOC(=O)C(C)c3ccc(CC(C)C)cc3)CCO2)cc1.Cl. The molecule has 32 heavy (non-hydrogen) atoms. The molecule has 1 aliphatic rings. The lowest BCUT2D eigenvalue weighted by Crippen LogP contribution is -2.40. The number of benzene rings is 2. The van der Waals surface area contributed by atoms with Crippen molar-refractivity contribution in [1.82, 2.24) is 4.90 Å². The maximum Gasteiger partial charge on any atom is 0.313 e. The van der Waals surface area contributed by atoms with Crippen molar-refractivity contribution in [1.29, 1.82) is 0 Å². The molecule has 2 aromatic carbocycles. The Morgan fingerprint density at radius 2 is 1.72 bits per heavy atom. The molecule has 1 fully saturated rings. The zero-order valence-electron chi connectivity index (χ0n) is 19.9. The van der Waals surface area contributed by atoms with E-state index in [9.17, 15) is 4.79 Å². The summed E-state index contributed by atoms with van der Waals surface area (Å²) in [5, 5.41) is 0. The van der Waals surface area contributed by atoms with Crippen molar-refractivity contribution in [2.45, 2.75) is 52.6 Å². The van der Waals surface area contributed by atoms with Crippen LogP contribution in [0.5, 0.6) is 0 Å². The first-order chi connectivity index (χ1) is 15.0. The Hall–Kier alpha value is -1.88. The zero-order chi connectivity index (χ0) is 22.2. The second kappa shape index (κ2) is 13.0. The highest BCUT2D eigenvalue weighted by Gasteiger charge is 2.23. The third kappa shape index (κ3) is 7.61. The third-order valence-corrected chi connectivity index (χ3v) is 6.04. The number of carbonyl (C=O) groups is 1. The van der Waals surface area contributed by atoms with Crippen LogP contribution in [-0.4, -0.2) is 43.7 Å². The molecule has 1 saturated heterocycles. The molecule has 1 aliphatic heterocycles. The highest BCUT2D eigenvalue weighted by atomic mass is 35.5. The number of ether oxygens (including phenoxy) is 2. The number of esters is 1. The number of nitrogens with zero attached hydrogens (tertiary/aromatic N) is 1. The molecule has 0 N–H and O–H groups in total. The lowest BCUT2D eigenvalue weighted by atomic mass is 9.97. The number of halogens is 1. The van der Waals surface area contributed by atoms with Gasteiger partial charge in [-0.3, -0.25) is 9.69 Å². The molecular weight excluding hydrogens is 422 g/mol. The van der Waals surface area contributed by atoms with E-state index in [1.807, 2.05) is 6.92 Å². The highest BCUT2D eigenvalue weighted by Crippen LogP contribution is 2.23. The molecule has 176 valence electrons. The van der Waals surface area contributed by atoms with Crippen LogP contribution in [0.1, 0.15) is 62.0 Å². The second-order valence-corrected chi connectivity index (χ2v) is 8.98. The summed E-state index contributed by atoms with van der Waals surface area (Å²) in [5.41, 5.74) is 4.88. The van der Waals surface area contributed by atoms with Gasteiger partial charge in [-0.2, -0.15) is 0 Å². The molecular formula is C27H38ClNO3. The average molecular weight is 460 g/mol. The van der Waals surface area contributed by atoms with Crippen molar-refractivity contribution in [2.24, 2.45) is 5.92 Å². The maximum absolute atomic E-state index is 12.5. The van der Waals surface area contributed by atoms with Gasteiger partial charge in [0, 0.05) is 19.6 Å². The van der Waals surface area contributed by atoms with E-state index in [4.69, 9.17) is 9.47 Å². The predicted octanol–water partition coefficient (Wildman–Crippen LogP) is 5.59. The molecule has 2 unspecified atom stereocenters. The number of hydrogen-bond acceptors (Lipinski definition) is 4. The normalized spacial score (nSPS) is 17.6. The number of rotatable bonds is 9. The fraction of sp³-hybridized carbons (Fsp3) is 0.519. The summed E-state index contributed by atoms with van der Waals surface area (Å²) >= 11 is 0. The van der Waals surface area contributed by atoms with Crippen molar-refractivity contribution in [3.05, 3.63) is 70.8 Å². The van der Waals surface area contributed by atoms with E-state index in [0.717, 1.165) is 38.0 Å². The molecule has 4 nitrogen and oxygen atoms in total. The highest BCUT2D eigenvalue weighted by molar-refractivity contribution is 5.85. The summed E-state index contributed by atoms with van der Waals surface area (Å²) < 4.78 is 11.6. The summed E-state index contributed by atoms with van der Waals surface area (Å²) in [6, 6.07) is 17.1. The molecule has 2 aromatic rings. The van der Waals surface area contributed by atoms with Gasteiger partial charge in [0.2, 0.25) is 0 Å². The van der Waals surface area contributed by atoms with Crippen molar-refractivity contribution in [3.8, 4) is 0 Å². The van der Waals surface area contributed by atoms with Crippen LogP contribution < -0.4 is 0 Å². The van der Waals surface area contributed by atoms with Gasteiger partial charge < -0.3 is 9.47 Å². The minimum atomic E-state index is -0.248. The first-order valence-corrected chi connectivity index (χ1v) is 11.6. The molecule has 2 atom stereocenters. The summed E-state index contributed by atoms with van der Waals surface area (Å²) in [6.07, 6.45) is 2.19. The first-order valence-electron chi connectivity index (χ1n) is 11.6. The Labute approximate surface area is 199 Å². The lowest BCUT2D eigenvalue weighted by Gasteiger charge is -2.33. The Balaban J connectivity index is 0.00000363. The smallest absolute Gasteiger partial charge is 0.313 e. The van der Waals surface area contributed by atoms with E-state index < -0.39 is 0 Å². The Bertz CT molecular complexity index is 820. The van der Waals surface area contributed by atoms with Crippen molar-refractivity contribution in [3.63, 3.8) is 0 Å². The average Bonchev–Trinajstić information content (AvgIpc) is 2.79. The van der Waals surface area contributed by atoms with E-state index in [1.165, 1.54) is 16.7 Å².